The summed E-state index contributed by atoms with van der Waals surface area (Å²) in [5, 5.41) is 12.8. The number of primary amides is 1. The zero-order valence-electron chi connectivity index (χ0n) is 6.81. The van der Waals surface area contributed by atoms with Gasteiger partial charge in [0, 0.05) is 0 Å². The molecule has 1 aromatic heterocycles. The predicted octanol–water partition coefficient (Wildman–Crippen LogP) is -0.0143. The van der Waals surface area contributed by atoms with Gasteiger partial charge in [-0.15, -0.1) is 11.8 Å². The molecule has 0 aliphatic rings. The second-order valence-electron chi connectivity index (χ2n) is 2.13. The van der Waals surface area contributed by atoms with Gasteiger partial charge in [-0.2, -0.15) is 15.0 Å². The van der Waals surface area contributed by atoms with Crippen molar-refractivity contribution >= 4 is 23.6 Å². The maximum absolute atomic E-state index is 10.7. The molecule has 0 aromatic carbocycles. The Labute approximate surface area is 78.5 Å². The number of hydrogen-bond donors (Lipinski definition) is 2. The topological polar surface area (TPSA) is 111 Å². The Morgan fingerprint density at radius 2 is 2.38 bits per heavy atom. The number of nitrogens with zero attached hydrogens (tertiary/aromatic N) is 3. The van der Waals surface area contributed by atoms with Crippen molar-refractivity contribution in [2.24, 2.45) is 5.73 Å². The molecule has 6 nitrogen and oxygen atoms in total. The van der Waals surface area contributed by atoms with Gasteiger partial charge in [-0.25, -0.2) is 4.79 Å². The first kappa shape index (κ1) is 9.41. The smallest absolute Gasteiger partial charge is 0.341 e. The fraction of sp³-hybridized carbons (Fsp3) is 0.167. The lowest BCUT2D eigenvalue weighted by molar-refractivity contribution is 0.248. The van der Waals surface area contributed by atoms with Crippen molar-refractivity contribution in [2.45, 2.75) is 5.03 Å². The molecule has 13 heavy (non-hydrogen) atoms. The van der Waals surface area contributed by atoms with Gasteiger partial charge in [0.1, 0.15) is 16.7 Å². The lowest BCUT2D eigenvalue weighted by Gasteiger charge is -1.94. The maximum atomic E-state index is 10.7. The second kappa shape index (κ2) is 3.37. The highest BCUT2D eigenvalue weighted by molar-refractivity contribution is 7.98. The van der Waals surface area contributed by atoms with Gasteiger partial charge < -0.3 is 11.5 Å². The van der Waals surface area contributed by atoms with Crippen LogP contribution in [-0.2, 0) is 0 Å². The van der Waals surface area contributed by atoms with Crippen LogP contribution in [0.4, 0.5) is 10.6 Å². The molecule has 0 radical (unpaired) electrons. The van der Waals surface area contributed by atoms with Gasteiger partial charge in [-0.1, -0.05) is 0 Å². The minimum atomic E-state index is -0.797. The highest BCUT2D eigenvalue weighted by atomic mass is 32.2. The summed E-state index contributed by atoms with van der Waals surface area (Å²) in [7, 11) is 0. The Morgan fingerprint density at radius 1 is 1.77 bits per heavy atom. The van der Waals surface area contributed by atoms with Gasteiger partial charge in [0.15, 0.2) is 5.82 Å². The fourth-order valence-electron chi connectivity index (χ4n) is 0.826. The van der Waals surface area contributed by atoms with E-state index >= 15 is 0 Å². The first-order valence-electron chi connectivity index (χ1n) is 3.24. The van der Waals surface area contributed by atoms with Gasteiger partial charge in [0.25, 0.3) is 0 Å². The summed E-state index contributed by atoms with van der Waals surface area (Å²) in [5.74, 6) is -0.0145. The van der Waals surface area contributed by atoms with Crippen molar-refractivity contribution in [3.05, 3.63) is 5.56 Å². The number of hydrogen-bond acceptors (Lipinski definition) is 5. The van der Waals surface area contributed by atoms with E-state index in [0.29, 0.717) is 5.03 Å². The second-order valence-corrected chi connectivity index (χ2v) is 2.93. The van der Waals surface area contributed by atoms with E-state index in [-0.39, 0.29) is 11.4 Å². The molecule has 1 aromatic rings. The van der Waals surface area contributed by atoms with Crippen LogP contribution in [0.3, 0.4) is 0 Å². The third-order valence-electron chi connectivity index (χ3n) is 1.40. The number of nitrogens with two attached hydrogens (primary N) is 2. The first-order valence-corrected chi connectivity index (χ1v) is 4.46. The Balaban J connectivity index is 3.37. The summed E-state index contributed by atoms with van der Waals surface area (Å²) in [5.41, 5.74) is 10.6. The van der Waals surface area contributed by atoms with E-state index in [0.717, 1.165) is 4.68 Å². The third-order valence-corrected chi connectivity index (χ3v) is 2.08. The maximum Gasteiger partial charge on any atom is 0.341 e. The Bertz CT molecular complexity index is 390. The molecule has 68 valence electrons. The van der Waals surface area contributed by atoms with E-state index in [4.69, 9.17) is 16.7 Å². The Hall–Kier alpha value is -1.68. The van der Waals surface area contributed by atoms with Crippen LogP contribution >= 0.6 is 11.8 Å². The molecule has 0 atom stereocenters. The van der Waals surface area contributed by atoms with Crippen LogP contribution in [-0.4, -0.2) is 22.1 Å². The van der Waals surface area contributed by atoms with Gasteiger partial charge >= 0.3 is 6.03 Å². The molecule has 0 bridgehead atoms. The first-order chi connectivity index (χ1) is 6.11. The molecule has 1 heterocycles. The highest BCUT2D eigenvalue weighted by Crippen LogP contribution is 2.22. The van der Waals surface area contributed by atoms with E-state index in [1.165, 1.54) is 11.8 Å². The molecule has 1 rings (SSSR count). The number of carbonyl (C=O) groups excluding carboxylic acids is 1. The number of thioether (sulfide) groups is 1. The van der Waals surface area contributed by atoms with Crippen LogP contribution < -0.4 is 11.5 Å². The Kier molecular flexibility index (Phi) is 2.44. The summed E-state index contributed by atoms with van der Waals surface area (Å²) >= 11 is 1.23. The van der Waals surface area contributed by atoms with E-state index in [1.54, 1.807) is 6.26 Å². The van der Waals surface area contributed by atoms with Gasteiger partial charge in [0.05, 0.1) is 0 Å². The predicted molar refractivity (Wildman–Crippen MR) is 48.1 cm³/mol. The molecule has 1 amide bonds. The largest absolute Gasteiger partial charge is 0.382 e. The Morgan fingerprint density at radius 3 is 2.69 bits per heavy atom. The number of carbonyl (C=O) groups is 1. The summed E-state index contributed by atoms with van der Waals surface area (Å²) < 4.78 is 0.810. The lowest BCUT2D eigenvalue weighted by Crippen LogP contribution is -2.22. The number of rotatable bonds is 1. The molecule has 0 saturated heterocycles. The molecule has 7 heteroatoms. The molecule has 0 aliphatic carbocycles. The van der Waals surface area contributed by atoms with Crippen LogP contribution in [0.5, 0.6) is 0 Å². The number of aromatic nitrogens is 2. The average Bonchev–Trinajstić information content (AvgIpc) is 2.41. The monoisotopic (exact) mass is 197 g/mol. The number of anilines is 1. The molecule has 0 fully saturated rings. The summed E-state index contributed by atoms with van der Waals surface area (Å²) in [6, 6.07) is 1.06. The van der Waals surface area contributed by atoms with Crippen molar-refractivity contribution in [1.29, 1.82) is 5.26 Å². The molecule has 4 N–H and O–H groups in total. The van der Waals surface area contributed by atoms with Crippen molar-refractivity contribution in [3.63, 3.8) is 0 Å². The minimum absolute atomic E-state index is 0.0145. The van der Waals surface area contributed by atoms with Crippen molar-refractivity contribution in [3.8, 4) is 6.07 Å². The quantitative estimate of drug-likeness (QED) is 0.615. The number of amides is 1. The average molecular weight is 197 g/mol. The fourth-order valence-corrected chi connectivity index (χ4v) is 1.34. The summed E-state index contributed by atoms with van der Waals surface area (Å²) in [6.45, 7) is 0. The molecule has 0 unspecified atom stereocenters. The molecular weight excluding hydrogens is 190 g/mol. The molecule has 0 spiro atoms. The summed E-state index contributed by atoms with van der Waals surface area (Å²) in [4.78, 5) is 10.7. The normalized spacial score (nSPS) is 9.54. The summed E-state index contributed by atoms with van der Waals surface area (Å²) in [6.07, 6.45) is 1.73. The van der Waals surface area contributed by atoms with Crippen LogP contribution in [0, 0.1) is 11.3 Å². The van der Waals surface area contributed by atoms with Crippen LogP contribution in [0.15, 0.2) is 5.03 Å². The standard InChI is InChI=1S/C6H7N5OS/c1-13-5-3(2-7)4(8)11(10-5)6(9)12/h8H2,1H3,(H2,9,12). The van der Waals surface area contributed by atoms with Gasteiger partial charge in [-0.3, -0.25) is 0 Å². The number of nitriles is 1. The van der Waals surface area contributed by atoms with Crippen LogP contribution in [0.2, 0.25) is 0 Å². The van der Waals surface area contributed by atoms with E-state index < -0.39 is 6.03 Å². The zero-order valence-corrected chi connectivity index (χ0v) is 7.63. The minimum Gasteiger partial charge on any atom is -0.382 e. The number of nitrogen functional groups attached to an aromatic ring is 1. The SMILES string of the molecule is CSc1nn(C(N)=O)c(N)c1C#N. The van der Waals surface area contributed by atoms with Crippen LogP contribution in [0.1, 0.15) is 5.56 Å². The van der Waals surface area contributed by atoms with Crippen LogP contribution in [0.25, 0.3) is 0 Å². The van der Waals surface area contributed by atoms with E-state index in [1.807, 2.05) is 6.07 Å². The lowest BCUT2D eigenvalue weighted by atomic mass is 10.4. The van der Waals surface area contributed by atoms with E-state index in [9.17, 15) is 4.79 Å². The highest BCUT2D eigenvalue weighted by Gasteiger charge is 2.16. The van der Waals surface area contributed by atoms with Crippen molar-refractivity contribution < 1.29 is 4.79 Å². The zero-order chi connectivity index (χ0) is 10.0. The van der Waals surface area contributed by atoms with E-state index in [2.05, 4.69) is 5.10 Å². The molecular formula is C6H7N5OS. The molecule has 0 aliphatic heterocycles. The molecule has 0 saturated carbocycles. The third kappa shape index (κ3) is 1.43. The van der Waals surface area contributed by atoms with Gasteiger partial charge in [-0.05, 0) is 6.26 Å². The van der Waals surface area contributed by atoms with Gasteiger partial charge in [0.2, 0.25) is 0 Å². The van der Waals surface area contributed by atoms with Crippen molar-refractivity contribution in [1.82, 2.24) is 9.78 Å². The van der Waals surface area contributed by atoms with Crippen molar-refractivity contribution in [2.75, 3.05) is 12.0 Å².